The number of benzene rings is 2. The molecule has 4 aromatic rings. The Bertz CT molecular complexity index is 1120. The van der Waals surface area contributed by atoms with Crippen LogP contribution in [0.3, 0.4) is 0 Å². The van der Waals surface area contributed by atoms with Crippen molar-refractivity contribution in [3.63, 3.8) is 0 Å². The van der Waals surface area contributed by atoms with Crippen LogP contribution in [0.4, 0.5) is 0 Å². The first-order valence-electron chi connectivity index (χ1n) is 9.40. The minimum absolute atomic E-state index is 0.0504. The summed E-state index contributed by atoms with van der Waals surface area (Å²) in [7, 11) is 0. The van der Waals surface area contributed by atoms with E-state index in [1.807, 2.05) is 66.3 Å². The van der Waals surface area contributed by atoms with Gasteiger partial charge in [-0.15, -0.1) is 0 Å². The zero-order chi connectivity index (χ0) is 19.5. The fraction of sp³-hybridized carbons (Fsp3) is 0.174. The zero-order valence-corrected chi connectivity index (χ0v) is 15.7. The van der Waals surface area contributed by atoms with Crippen LogP contribution in [0.25, 0.3) is 33.4 Å². The normalized spacial score (nSPS) is 11.0. The number of carboxylic acid groups (broad SMARTS) is 1. The molecule has 5 nitrogen and oxygen atoms in total. The number of aryl methyl sites for hydroxylation is 1. The number of pyridine rings is 1. The molecule has 140 valence electrons. The zero-order valence-electron chi connectivity index (χ0n) is 15.7. The molecule has 0 amide bonds. The lowest BCUT2D eigenvalue weighted by Gasteiger charge is -2.16. The van der Waals surface area contributed by atoms with Gasteiger partial charge in [0.1, 0.15) is 0 Å². The topological polar surface area (TPSA) is 68.0 Å². The Morgan fingerprint density at radius 1 is 1.00 bits per heavy atom. The molecule has 0 saturated carbocycles. The summed E-state index contributed by atoms with van der Waals surface area (Å²) >= 11 is 0. The number of hydrogen-bond donors (Lipinski definition) is 1. The van der Waals surface area contributed by atoms with E-state index in [9.17, 15) is 9.90 Å². The van der Waals surface area contributed by atoms with Gasteiger partial charge in [0.25, 0.3) is 0 Å². The fourth-order valence-electron chi connectivity index (χ4n) is 3.60. The number of aliphatic carboxylic acids is 1. The van der Waals surface area contributed by atoms with E-state index in [1.54, 1.807) is 0 Å². The van der Waals surface area contributed by atoms with Crippen molar-refractivity contribution in [3.05, 3.63) is 72.4 Å². The molecule has 2 aromatic carbocycles. The van der Waals surface area contributed by atoms with E-state index in [1.165, 1.54) is 0 Å². The van der Waals surface area contributed by atoms with Gasteiger partial charge in [-0.3, -0.25) is 4.79 Å². The van der Waals surface area contributed by atoms with Gasteiger partial charge in [-0.25, -0.2) is 9.67 Å². The lowest BCUT2D eigenvalue weighted by atomic mass is 9.91. The highest BCUT2D eigenvalue weighted by Gasteiger charge is 2.20. The Balaban J connectivity index is 2.08. The summed E-state index contributed by atoms with van der Waals surface area (Å²) in [6.07, 6.45) is 2.30. The summed E-state index contributed by atoms with van der Waals surface area (Å²) in [6, 6.07) is 20.0. The van der Waals surface area contributed by atoms with E-state index < -0.39 is 5.97 Å². The molecule has 1 N–H and O–H groups in total. The molecule has 5 heteroatoms. The largest absolute Gasteiger partial charge is 0.481 e. The minimum Gasteiger partial charge on any atom is -0.481 e. The number of rotatable bonds is 6. The molecule has 0 spiro atoms. The van der Waals surface area contributed by atoms with E-state index in [0.717, 1.165) is 39.0 Å². The minimum atomic E-state index is -0.817. The van der Waals surface area contributed by atoms with Gasteiger partial charge >= 0.3 is 5.97 Å². The van der Waals surface area contributed by atoms with Crippen molar-refractivity contribution < 1.29 is 9.90 Å². The van der Waals surface area contributed by atoms with Crippen LogP contribution >= 0.6 is 0 Å². The fourth-order valence-corrected chi connectivity index (χ4v) is 3.60. The van der Waals surface area contributed by atoms with E-state index in [-0.39, 0.29) is 6.42 Å². The van der Waals surface area contributed by atoms with Crippen molar-refractivity contribution in [1.29, 1.82) is 0 Å². The Labute approximate surface area is 163 Å². The standard InChI is InChI=1S/C23H21N3O2/c1-2-26-23-19(15-24-26)21(16-9-5-3-6-10-16)18(13-14-20(27)28)22(25-23)17-11-7-4-8-12-17/h3-12,15H,2,13-14H2,1H3,(H,27,28). The number of fused-ring (bicyclic) bond motifs is 1. The number of hydrogen-bond acceptors (Lipinski definition) is 3. The highest BCUT2D eigenvalue weighted by atomic mass is 16.4. The van der Waals surface area contributed by atoms with Crippen molar-refractivity contribution >= 4 is 17.0 Å². The summed E-state index contributed by atoms with van der Waals surface area (Å²) in [5.41, 5.74) is 5.63. The van der Waals surface area contributed by atoms with Crippen LogP contribution in [-0.2, 0) is 17.8 Å². The second kappa shape index (κ2) is 7.64. The Hall–Kier alpha value is -3.47. The summed E-state index contributed by atoms with van der Waals surface area (Å²) < 4.78 is 1.88. The van der Waals surface area contributed by atoms with E-state index >= 15 is 0 Å². The molecule has 0 bridgehead atoms. The van der Waals surface area contributed by atoms with Crippen LogP contribution in [0.2, 0.25) is 0 Å². The smallest absolute Gasteiger partial charge is 0.303 e. The summed E-state index contributed by atoms with van der Waals surface area (Å²) in [5, 5.41) is 14.8. The van der Waals surface area contributed by atoms with Crippen LogP contribution in [-0.4, -0.2) is 25.8 Å². The molecule has 0 aliphatic heterocycles. The maximum Gasteiger partial charge on any atom is 0.303 e. The molecule has 0 unspecified atom stereocenters. The summed E-state index contributed by atoms with van der Waals surface area (Å²) in [4.78, 5) is 16.3. The maximum absolute atomic E-state index is 11.3. The first-order valence-corrected chi connectivity index (χ1v) is 9.40. The van der Waals surface area contributed by atoms with Crippen LogP contribution in [0.5, 0.6) is 0 Å². The van der Waals surface area contributed by atoms with Crippen molar-refractivity contribution in [1.82, 2.24) is 14.8 Å². The number of carboxylic acids is 1. The Morgan fingerprint density at radius 3 is 2.25 bits per heavy atom. The SMILES string of the molecule is CCn1ncc2c(-c3ccccc3)c(CCC(=O)O)c(-c3ccccc3)nc21. The first-order chi connectivity index (χ1) is 13.7. The molecule has 0 aliphatic rings. The van der Waals surface area contributed by atoms with Crippen molar-refractivity contribution in [2.75, 3.05) is 0 Å². The second-order valence-corrected chi connectivity index (χ2v) is 6.64. The van der Waals surface area contributed by atoms with Gasteiger partial charge in [0.15, 0.2) is 5.65 Å². The van der Waals surface area contributed by atoms with Gasteiger partial charge in [0, 0.05) is 23.9 Å². The monoisotopic (exact) mass is 371 g/mol. The molecule has 0 saturated heterocycles. The molecular formula is C23H21N3O2. The Morgan fingerprint density at radius 2 is 1.64 bits per heavy atom. The lowest BCUT2D eigenvalue weighted by Crippen LogP contribution is -2.05. The van der Waals surface area contributed by atoms with Crippen molar-refractivity contribution in [3.8, 4) is 22.4 Å². The van der Waals surface area contributed by atoms with Crippen LogP contribution in [0.1, 0.15) is 18.9 Å². The average molecular weight is 371 g/mol. The predicted molar refractivity (Wildman–Crippen MR) is 110 cm³/mol. The quantitative estimate of drug-likeness (QED) is 0.528. The van der Waals surface area contributed by atoms with Gasteiger partial charge in [-0.1, -0.05) is 60.7 Å². The number of carbonyl (C=O) groups is 1. The van der Waals surface area contributed by atoms with Crippen molar-refractivity contribution in [2.45, 2.75) is 26.3 Å². The molecule has 0 atom stereocenters. The third kappa shape index (κ3) is 3.27. The molecule has 2 aromatic heterocycles. The second-order valence-electron chi connectivity index (χ2n) is 6.64. The highest BCUT2D eigenvalue weighted by molar-refractivity contribution is 5.98. The molecule has 2 heterocycles. The maximum atomic E-state index is 11.3. The first kappa shape index (κ1) is 17.9. The summed E-state index contributed by atoms with van der Waals surface area (Å²) in [6.45, 7) is 2.75. The molecular weight excluding hydrogens is 350 g/mol. The van der Waals surface area contributed by atoms with Gasteiger partial charge in [-0.2, -0.15) is 5.10 Å². The highest BCUT2D eigenvalue weighted by Crippen LogP contribution is 2.37. The molecule has 0 aliphatic carbocycles. The lowest BCUT2D eigenvalue weighted by molar-refractivity contribution is -0.136. The van der Waals surface area contributed by atoms with E-state index in [4.69, 9.17) is 4.98 Å². The number of aromatic nitrogens is 3. The Kier molecular flexibility index (Phi) is 4.89. The number of nitrogens with zero attached hydrogens (tertiary/aromatic N) is 3. The molecule has 4 rings (SSSR count). The third-order valence-electron chi connectivity index (χ3n) is 4.88. The molecule has 0 fully saturated rings. The summed E-state index contributed by atoms with van der Waals surface area (Å²) in [5.74, 6) is -0.817. The van der Waals surface area contributed by atoms with E-state index in [0.29, 0.717) is 13.0 Å². The van der Waals surface area contributed by atoms with Gasteiger partial charge in [0.05, 0.1) is 11.9 Å². The third-order valence-corrected chi connectivity index (χ3v) is 4.88. The van der Waals surface area contributed by atoms with E-state index in [2.05, 4.69) is 17.2 Å². The van der Waals surface area contributed by atoms with Crippen LogP contribution in [0.15, 0.2) is 66.9 Å². The van der Waals surface area contributed by atoms with Gasteiger partial charge < -0.3 is 5.11 Å². The molecule has 0 radical (unpaired) electrons. The van der Waals surface area contributed by atoms with Gasteiger partial charge in [0.2, 0.25) is 0 Å². The average Bonchev–Trinajstić information content (AvgIpc) is 3.15. The van der Waals surface area contributed by atoms with Crippen molar-refractivity contribution in [2.24, 2.45) is 0 Å². The van der Waals surface area contributed by atoms with Gasteiger partial charge in [-0.05, 0) is 30.0 Å². The molecule has 28 heavy (non-hydrogen) atoms. The van der Waals surface area contributed by atoms with Crippen LogP contribution in [0, 0.1) is 0 Å². The predicted octanol–water partition coefficient (Wildman–Crippen LogP) is 4.80. The van der Waals surface area contributed by atoms with Crippen LogP contribution < -0.4 is 0 Å².